The predicted molar refractivity (Wildman–Crippen MR) is 73.8 cm³/mol. The first-order chi connectivity index (χ1) is 8.58. The highest BCUT2D eigenvalue weighted by molar-refractivity contribution is 5.60. The number of anilines is 2. The summed E-state index contributed by atoms with van der Waals surface area (Å²) in [4.78, 5) is 8.75. The Morgan fingerprint density at radius 3 is 2.56 bits per heavy atom. The highest BCUT2D eigenvalue weighted by Crippen LogP contribution is 2.23. The maximum atomic E-state index is 5.95. The second kappa shape index (κ2) is 5.14. The van der Waals surface area contributed by atoms with Crippen LogP contribution in [0.4, 0.5) is 11.5 Å². The molecule has 1 aromatic carbocycles. The Bertz CT molecular complexity index is 549. The second-order valence-electron chi connectivity index (χ2n) is 4.43. The van der Waals surface area contributed by atoms with Crippen LogP contribution in [-0.4, -0.2) is 9.97 Å². The summed E-state index contributed by atoms with van der Waals surface area (Å²) < 4.78 is 0. The first kappa shape index (κ1) is 12.5. The summed E-state index contributed by atoms with van der Waals surface area (Å²) in [5.74, 6) is 0.742. The van der Waals surface area contributed by atoms with E-state index in [0.29, 0.717) is 0 Å². The zero-order valence-corrected chi connectivity index (χ0v) is 10.9. The summed E-state index contributed by atoms with van der Waals surface area (Å²) in [6.07, 6.45) is 1.74. The molecule has 0 radical (unpaired) electrons. The molecule has 0 spiro atoms. The van der Waals surface area contributed by atoms with E-state index in [1.807, 2.05) is 45.0 Å². The number of nitrogens with one attached hydrogen (secondary N) is 1. The fourth-order valence-electron chi connectivity index (χ4n) is 1.75. The maximum absolute atomic E-state index is 5.95. The highest BCUT2D eigenvalue weighted by Gasteiger charge is 2.07. The maximum Gasteiger partial charge on any atom is 0.149 e. The number of benzene rings is 1. The average molecular weight is 242 g/mol. The lowest BCUT2D eigenvalue weighted by atomic mass is 10.1. The van der Waals surface area contributed by atoms with Gasteiger partial charge in [0.2, 0.25) is 0 Å². The molecule has 0 saturated carbocycles. The van der Waals surface area contributed by atoms with Gasteiger partial charge in [-0.1, -0.05) is 18.2 Å². The van der Waals surface area contributed by atoms with E-state index >= 15 is 0 Å². The van der Waals surface area contributed by atoms with Crippen molar-refractivity contribution in [2.45, 2.75) is 26.8 Å². The van der Waals surface area contributed by atoms with Crippen LogP contribution in [0.3, 0.4) is 0 Å². The molecule has 2 aromatic rings. The van der Waals surface area contributed by atoms with Gasteiger partial charge in [-0.25, -0.2) is 4.98 Å². The van der Waals surface area contributed by atoms with Crippen LogP contribution in [0.5, 0.6) is 0 Å². The van der Waals surface area contributed by atoms with E-state index in [9.17, 15) is 0 Å². The molecule has 0 fully saturated rings. The van der Waals surface area contributed by atoms with E-state index in [1.165, 1.54) is 0 Å². The van der Waals surface area contributed by atoms with E-state index in [-0.39, 0.29) is 6.04 Å². The molecule has 0 bridgehead atoms. The molecule has 0 amide bonds. The molecule has 1 atom stereocenters. The molecule has 94 valence electrons. The van der Waals surface area contributed by atoms with Crippen LogP contribution in [0.15, 0.2) is 30.5 Å². The minimum absolute atomic E-state index is 0.0202. The molecule has 4 nitrogen and oxygen atoms in total. The quantitative estimate of drug-likeness (QED) is 0.868. The van der Waals surface area contributed by atoms with Crippen LogP contribution < -0.4 is 11.1 Å². The SMILES string of the molecule is Cc1ncc(Nc2ccccc2C(C)N)nc1C. The van der Waals surface area contributed by atoms with Gasteiger partial charge in [-0.2, -0.15) is 0 Å². The van der Waals surface area contributed by atoms with Crippen LogP contribution in [0.2, 0.25) is 0 Å². The van der Waals surface area contributed by atoms with Gasteiger partial charge in [0.05, 0.1) is 17.6 Å². The van der Waals surface area contributed by atoms with Crippen molar-refractivity contribution in [2.75, 3.05) is 5.32 Å². The molecule has 1 heterocycles. The van der Waals surface area contributed by atoms with Crippen LogP contribution in [0.1, 0.15) is 29.9 Å². The van der Waals surface area contributed by atoms with Gasteiger partial charge >= 0.3 is 0 Å². The van der Waals surface area contributed by atoms with E-state index in [2.05, 4.69) is 15.3 Å². The fourth-order valence-corrected chi connectivity index (χ4v) is 1.75. The van der Waals surface area contributed by atoms with Crippen molar-refractivity contribution in [2.24, 2.45) is 5.73 Å². The van der Waals surface area contributed by atoms with Crippen LogP contribution >= 0.6 is 0 Å². The van der Waals surface area contributed by atoms with Crippen molar-refractivity contribution >= 4 is 11.5 Å². The molecule has 1 aromatic heterocycles. The summed E-state index contributed by atoms with van der Waals surface area (Å²) in [6.45, 7) is 5.86. The average Bonchev–Trinajstić information content (AvgIpc) is 2.34. The van der Waals surface area contributed by atoms with Crippen LogP contribution in [-0.2, 0) is 0 Å². The van der Waals surface area contributed by atoms with Gasteiger partial charge in [-0.3, -0.25) is 4.98 Å². The standard InChI is InChI=1S/C14H18N4/c1-9(15)12-6-4-5-7-13(12)18-14-8-16-10(2)11(3)17-14/h4-9H,15H2,1-3H3,(H,17,18). The van der Waals surface area contributed by atoms with Gasteiger partial charge in [0, 0.05) is 11.7 Å². The predicted octanol–water partition coefficient (Wildman–Crippen LogP) is 2.86. The zero-order chi connectivity index (χ0) is 13.1. The molecule has 2 rings (SSSR count). The summed E-state index contributed by atoms with van der Waals surface area (Å²) in [7, 11) is 0. The van der Waals surface area contributed by atoms with Crippen molar-refractivity contribution in [3.63, 3.8) is 0 Å². The van der Waals surface area contributed by atoms with Crippen molar-refractivity contribution in [1.82, 2.24) is 9.97 Å². The van der Waals surface area contributed by atoms with Gasteiger partial charge < -0.3 is 11.1 Å². The number of nitrogens with two attached hydrogens (primary N) is 1. The van der Waals surface area contributed by atoms with Gasteiger partial charge in [-0.05, 0) is 32.4 Å². The Morgan fingerprint density at radius 2 is 1.89 bits per heavy atom. The van der Waals surface area contributed by atoms with E-state index in [1.54, 1.807) is 6.20 Å². The lowest BCUT2D eigenvalue weighted by Crippen LogP contribution is -2.08. The number of nitrogens with zero attached hydrogens (tertiary/aromatic N) is 2. The number of para-hydroxylation sites is 1. The van der Waals surface area contributed by atoms with E-state index in [0.717, 1.165) is 28.5 Å². The van der Waals surface area contributed by atoms with Crippen molar-refractivity contribution in [1.29, 1.82) is 0 Å². The van der Waals surface area contributed by atoms with Crippen molar-refractivity contribution < 1.29 is 0 Å². The minimum Gasteiger partial charge on any atom is -0.339 e. The van der Waals surface area contributed by atoms with Gasteiger partial charge in [0.15, 0.2) is 0 Å². The van der Waals surface area contributed by atoms with Gasteiger partial charge in [-0.15, -0.1) is 0 Å². The third kappa shape index (κ3) is 2.65. The summed E-state index contributed by atoms with van der Waals surface area (Å²) in [5.41, 5.74) is 9.86. The summed E-state index contributed by atoms with van der Waals surface area (Å²) in [5, 5.41) is 3.27. The monoisotopic (exact) mass is 242 g/mol. The minimum atomic E-state index is -0.0202. The van der Waals surface area contributed by atoms with Crippen molar-refractivity contribution in [3.8, 4) is 0 Å². The summed E-state index contributed by atoms with van der Waals surface area (Å²) in [6, 6.07) is 7.95. The highest BCUT2D eigenvalue weighted by atomic mass is 15.0. The van der Waals surface area contributed by atoms with Gasteiger partial charge in [0.25, 0.3) is 0 Å². The Balaban J connectivity index is 2.31. The molecule has 0 aliphatic carbocycles. The van der Waals surface area contributed by atoms with E-state index < -0.39 is 0 Å². The third-order valence-corrected chi connectivity index (χ3v) is 2.91. The Hall–Kier alpha value is -1.94. The largest absolute Gasteiger partial charge is 0.339 e. The first-order valence-electron chi connectivity index (χ1n) is 5.99. The number of rotatable bonds is 3. The second-order valence-corrected chi connectivity index (χ2v) is 4.43. The van der Waals surface area contributed by atoms with Crippen LogP contribution in [0, 0.1) is 13.8 Å². The number of hydrogen-bond acceptors (Lipinski definition) is 4. The third-order valence-electron chi connectivity index (χ3n) is 2.91. The lowest BCUT2D eigenvalue weighted by Gasteiger charge is -2.14. The number of aromatic nitrogens is 2. The number of hydrogen-bond donors (Lipinski definition) is 2. The Kier molecular flexibility index (Phi) is 3.58. The molecular formula is C14H18N4. The lowest BCUT2D eigenvalue weighted by molar-refractivity contribution is 0.820. The molecule has 18 heavy (non-hydrogen) atoms. The molecule has 1 unspecified atom stereocenters. The zero-order valence-electron chi connectivity index (χ0n) is 10.9. The molecule has 3 N–H and O–H groups in total. The number of aryl methyl sites for hydroxylation is 2. The van der Waals surface area contributed by atoms with E-state index in [4.69, 9.17) is 5.73 Å². The Morgan fingerprint density at radius 1 is 1.17 bits per heavy atom. The molecular weight excluding hydrogens is 224 g/mol. The summed E-state index contributed by atoms with van der Waals surface area (Å²) >= 11 is 0. The topological polar surface area (TPSA) is 63.8 Å². The molecule has 0 aliphatic heterocycles. The normalized spacial score (nSPS) is 12.2. The molecule has 0 aliphatic rings. The Labute approximate surface area is 107 Å². The molecule has 0 saturated heterocycles. The first-order valence-corrected chi connectivity index (χ1v) is 5.99. The fraction of sp³-hybridized carbons (Fsp3) is 0.286. The van der Waals surface area contributed by atoms with Crippen LogP contribution in [0.25, 0.3) is 0 Å². The van der Waals surface area contributed by atoms with Crippen molar-refractivity contribution in [3.05, 3.63) is 47.4 Å². The molecule has 4 heteroatoms. The van der Waals surface area contributed by atoms with Gasteiger partial charge in [0.1, 0.15) is 5.82 Å². The smallest absolute Gasteiger partial charge is 0.149 e.